The van der Waals surface area contributed by atoms with Crippen molar-refractivity contribution in [2.75, 3.05) is 18.9 Å². The maximum atomic E-state index is 13.5. The van der Waals surface area contributed by atoms with E-state index < -0.39 is 5.82 Å². The van der Waals surface area contributed by atoms with E-state index in [9.17, 15) is 9.18 Å². The monoisotopic (exact) mass is 278 g/mol. The van der Waals surface area contributed by atoms with Crippen molar-refractivity contribution in [1.29, 1.82) is 0 Å². The van der Waals surface area contributed by atoms with Crippen LogP contribution in [0, 0.1) is 5.82 Å². The van der Waals surface area contributed by atoms with Gasteiger partial charge in [-0.3, -0.25) is 4.79 Å². The van der Waals surface area contributed by atoms with Crippen molar-refractivity contribution in [1.82, 2.24) is 5.32 Å². The molecule has 0 radical (unpaired) electrons. The van der Waals surface area contributed by atoms with E-state index in [0.717, 1.165) is 6.42 Å². The fourth-order valence-corrected chi connectivity index (χ4v) is 2.53. The minimum atomic E-state index is -0.423. The average molecular weight is 278 g/mol. The molecule has 1 amide bonds. The third kappa shape index (κ3) is 3.32. The third-order valence-corrected chi connectivity index (χ3v) is 3.68. The Balaban J connectivity index is 1.98. The molecule has 2 rings (SSSR count). The maximum absolute atomic E-state index is 13.5. The van der Waals surface area contributed by atoms with Crippen LogP contribution < -0.4 is 10.6 Å². The number of benzene rings is 1. The molecule has 2 aromatic rings. The van der Waals surface area contributed by atoms with Gasteiger partial charge in [0, 0.05) is 18.5 Å². The lowest BCUT2D eigenvalue weighted by Crippen LogP contribution is -2.26. The predicted molar refractivity (Wildman–Crippen MR) is 76.3 cm³/mol. The first kappa shape index (κ1) is 13.5. The number of carbonyl (C=O) groups excluding carboxylic acids is 1. The van der Waals surface area contributed by atoms with Crippen molar-refractivity contribution in [3.05, 3.63) is 52.0 Å². The van der Waals surface area contributed by atoms with Gasteiger partial charge < -0.3 is 10.6 Å². The van der Waals surface area contributed by atoms with Crippen LogP contribution in [0.2, 0.25) is 0 Å². The Hall–Kier alpha value is -1.88. The molecule has 0 aliphatic carbocycles. The van der Waals surface area contributed by atoms with Gasteiger partial charge in [-0.25, -0.2) is 4.39 Å². The Kier molecular flexibility index (Phi) is 4.52. The molecule has 0 bridgehead atoms. The summed E-state index contributed by atoms with van der Waals surface area (Å²) in [5.74, 6) is -0.686. The molecular formula is C14H15FN2OS. The fraction of sp³-hybridized carbons (Fsp3) is 0.214. The summed E-state index contributed by atoms with van der Waals surface area (Å²) in [6.07, 6.45) is 0.785. The summed E-state index contributed by atoms with van der Waals surface area (Å²) in [5.41, 5.74) is 0.560. The summed E-state index contributed by atoms with van der Waals surface area (Å²) in [4.78, 5) is 13.2. The van der Waals surface area contributed by atoms with E-state index in [1.165, 1.54) is 17.0 Å². The molecule has 0 fully saturated rings. The molecule has 2 N–H and O–H groups in total. The highest BCUT2D eigenvalue weighted by molar-refractivity contribution is 7.09. The highest BCUT2D eigenvalue weighted by atomic mass is 32.1. The first-order chi connectivity index (χ1) is 9.22. The number of thiophene rings is 1. The number of nitrogens with one attached hydrogen (secondary N) is 2. The van der Waals surface area contributed by atoms with Crippen LogP contribution in [-0.4, -0.2) is 19.5 Å². The van der Waals surface area contributed by atoms with Crippen LogP contribution in [0.4, 0.5) is 10.1 Å². The van der Waals surface area contributed by atoms with Crippen LogP contribution in [0.15, 0.2) is 35.7 Å². The number of hydrogen-bond donors (Lipinski definition) is 2. The quantitative estimate of drug-likeness (QED) is 0.883. The zero-order valence-corrected chi connectivity index (χ0v) is 11.4. The second-order valence-corrected chi connectivity index (χ2v) is 5.03. The number of amides is 1. The first-order valence-corrected chi connectivity index (χ1v) is 6.87. The van der Waals surface area contributed by atoms with Gasteiger partial charge in [0.15, 0.2) is 0 Å². The number of anilines is 1. The molecule has 5 heteroatoms. The van der Waals surface area contributed by atoms with Gasteiger partial charge in [-0.2, -0.15) is 0 Å². The molecule has 1 aromatic heterocycles. The van der Waals surface area contributed by atoms with Gasteiger partial charge in [0.05, 0.1) is 11.3 Å². The molecule has 0 saturated heterocycles. The summed E-state index contributed by atoms with van der Waals surface area (Å²) < 4.78 is 13.5. The smallest absolute Gasteiger partial charge is 0.253 e. The average Bonchev–Trinajstić information content (AvgIpc) is 2.91. The molecule has 0 saturated carbocycles. The summed E-state index contributed by atoms with van der Waals surface area (Å²) in [5, 5.41) is 7.52. The second-order valence-electron chi connectivity index (χ2n) is 4.00. The van der Waals surface area contributed by atoms with Crippen molar-refractivity contribution < 1.29 is 9.18 Å². The summed E-state index contributed by atoms with van der Waals surface area (Å²) in [6.45, 7) is 0.541. The molecule has 0 spiro atoms. The van der Waals surface area contributed by atoms with Gasteiger partial charge in [-0.15, -0.1) is 11.3 Å². The summed E-state index contributed by atoms with van der Waals surface area (Å²) >= 11 is 1.66. The molecule has 19 heavy (non-hydrogen) atoms. The van der Waals surface area contributed by atoms with Crippen LogP contribution in [-0.2, 0) is 6.42 Å². The van der Waals surface area contributed by atoms with E-state index in [2.05, 4.69) is 10.6 Å². The number of para-hydroxylation sites is 1. The Morgan fingerprint density at radius 3 is 2.84 bits per heavy atom. The largest absolute Gasteiger partial charge is 0.385 e. The molecule has 1 heterocycles. The molecule has 100 valence electrons. The number of rotatable bonds is 5. The zero-order chi connectivity index (χ0) is 13.7. The van der Waals surface area contributed by atoms with E-state index >= 15 is 0 Å². The van der Waals surface area contributed by atoms with Gasteiger partial charge in [-0.1, -0.05) is 12.1 Å². The number of carbonyl (C=O) groups is 1. The van der Waals surface area contributed by atoms with Crippen molar-refractivity contribution in [2.45, 2.75) is 6.42 Å². The topological polar surface area (TPSA) is 41.1 Å². The lowest BCUT2D eigenvalue weighted by Gasteiger charge is -2.10. The van der Waals surface area contributed by atoms with E-state index in [0.29, 0.717) is 12.1 Å². The minimum Gasteiger partial charge on any atom is -0.385 e. The molecule has 1 aromatic carbocycles. The fourth-order valence-electron chi connectivity index (χ4n) is 1.82. The predicted octanol–water partition coefficient (Wildman–Crippen LogP) is 2.90. The lowest BCUT2D eigenvalue weighted by atomic mass is 10.1. The normalized spacial score (nSPS) is 10.2. The van der Waals surface area contributed by atoms with Crippen LogP contribution in [0.3, 0.4) is 0 Å². The van der Waals surface area contributed by atoms with Gasteiger partial charge in [0.2, 0.25) is 0 Å². The summed E-state index contributed by atoms with van der Waals surface area (Å²) in [6, 6.07) is 8.47. The Morgan fingerprint density at radius 2 is 2.16 bits per heavy atom. The second kappa shape index (κ2) is 6.33. The van der Waals surface area contributed by atoms with Crippen molar-refractivity contribution in [3.8, 4) is 0 Å². The molecule has 0 unspecified atom stereocenters. The van der Waals surface area contributed by atoms with Crippen molar-refractivity contribution >= 4 is 22.9 Å². The first-order valence-electron chi connectivity index (χ1n) is 5.99. The van der Waals surface area contributed by atoms with E-state index in [4.69, 9.17) is 0 Å². The van der Waals surface area contributed by atoms with Gasteiger partial charge in [-0.05, 0) is 30.0 Å². The van der Waals surface area contributed by atoms with Gasteiger partial charge in [0.1, 0.15) is 5.82 Å². The van der Waals surface area contributed by atoms with Gasteiger partial charge in [0.25, 0.3) is 5.91 Å². The molecule has 0 aliphatic rings. The maximum Gasteiger partial charge on any atom is 0.253 e. The molecule has 0 aliphatic heterocycles. The standard InChI is InChI=1S/C14H15FN2OS/c1-16-13-11(5-2-6-12(13)15)14(18)17-8-7-10-4-3-9-19-10/h2-6,9,16H,7-8H2,1H3,(H,17,18). The Bertz CT molecular complexity index is 555. The molecule has 3 nitrogen and oxygen atoms in total. The van der Waals surface area contributed by atoms with Crippen molar-refractivity contribution in [3.63, 3.8) is 0 Å². The van der Waals surface area contributed by atoms with Crippen LogP contribution >= 0.6 is 11.3 Å². The van der Waals surface area contributed by atoms with Gasteiger partial charge >= 0.3 is 0 Å². The van der Waals surface area contributed by atoms with Crippen molar-refractivity contribution in [2.24, 2.45) is 0 Å². The highest BCUT2D eigenvalue weighted by Crippen LogP contribution is 2.19. The Morgan fingerprint density at radius 1 is 1.32 bits per heavy atom. The zero-order valence-electron chi connectivity index (χ0n) is 10.6. The van der Waals surface area contributed by atoms with E-state index in [1.807, 2.05) is 17.5 Å². The SMILES string of the molecule is CNc1c(F)cccc1C(=O)NCCc1cccs1. The Labute approximate surface area is 115 Å². The minimum absolute atomic E-state index is 0.233. The van der Waals surface area contributed by atoms with E-state index in [-0.39, 0.29) is 11.6 Å². The van der Waals surface area contributed by atoms with E-state index in [1.54, 1.807) is 24.5 Å². The highest BCUT2D eigenvalue weighted by Gasteiger charge is 2.13. The van der Waals surface area contributed by atoms with Crippen LogP contribution in [0.5, 0.6) is 0 Å². The molecule has 0 atom stereocenters. The molecular weight excluding hydrogens is 263 g/mol. The number of hydrogen-bond acceptors (Lipinski definition) is 3. The summed E-state index contributed by atoms with van der Waals surface area (Å²) in [7, 11) is 1.60. The van der Waals surface area contributed by atoms with Crippen LogP contribution in [0.25, 0.3) is 0 Å². The van der Waals surface area contributed by atoms with Crippen LogP contribution in [0.1, 0.15) is 15.2 Å². The lowest BCUT2D eigenvalue weighted by molar-refractivity contribution is 0.0954. The number of halogens is 1. The third-order valence-electron chi connectivity index (χ3n) is 2.75.